The molecule has 1 radical (unpaired) electrons. The minimum Gasteiger partial charge on any atom is -0.501 e. The predicted octanol–water partition coefficient (Wildman–Crippen LogP) is 12.8. The number of fused-ring (bicyclic) bond motifs is 4. The summed E-state index contributed by atoms with van der Waals surface area (Å²) in [7, 11) is -1.23. The first-order valence-electron chi connectivity index (χ1n) is 22.7. The standard InChI is InChI=1S/C37H23N2O.C14H16NSi.Ir/c1-3-12-25(13-4-1)27-22-23-29-30-17-11-18-31(36(30)40-35(29)24-27)37-38-32-19-8-10-21-34(32)39(37)33-20-9-7-16-28(33)26-14-5-2-6-15-26;1-16(2,3)13-9-10-14(15-11-13)12-7-5-4-6-8-12;/h1-17,19-24H;4-7,9-11H,1-3H3;/q2*-1;/i2D,5D,6D,7D,9D,14D,15D,16D,20D;;. The zero-order valence-electron chi connectivity index (χ0n) is 40.2. The van der Waals surface area contributed by atoms with Crippen molar-refractivity contribution >= 4 is 46.2 Å². The van der Waals surface area contributed by atoms with Crippen LogP contribution in [-0.4, -0.2) is 22.6 Å². The van der Waals surface area contributed by atoms with Gasteiger partial charge in [-0.25, -0.2) is 0 Å². The molecule has 0 fully saturated rings. The van der Waals surface area contributed by atoms with Crippen molar-refractivity contribution in [1.29, 1.82) is 0 Å². The maximum absolute atomic E-state index is 9.15. The van der Waals surface area contributed by atoms with Crippen molar-refractivity contribution in [2.24, 2.45) is 0 Å². The number of pyridine rings is 1. The molecule has 3 heterocycles. The molecule has 0 saturated carbocycles. The van der Waals surface area contributed by atoms with E-state index < -0.39 is 62.5 Å². The van der Waals surface area contributed by atoms with E-state index in [9.17, 15) is 0 Å². The van der Waals surface area contributed by atoms with Crippen LogP contribution < -0.4 is 5.19 Å². The molecule has 0 aliphatic heterocycles. The second kappa shape index (κ2) is 16.1. The van der Waals surface area contributed by atoms with Crippen LogP contribution in [0.15, 0.2) is 186 Å². The van der Waals surface area contributed by atoms with Crippen LogP contribution in [0.2, 0.25) is 19.6 Å². The van der Waals surface area contributed by atoms with Crippen LogP contribution in [-0.2, 0) is 20.1 Å². The molecule has 0 bridgehead atoms. The van der Waals surface area contributed by atoms with Gasteiger partial charge in [-0.15, -0.1) is 54.1 Å². The molecule has 0 spiro atoms. The van der Waals surface area contributed by atoms with E-state index in [2.05, 4.69) is 48.9 Å². The third kappa shape index (κ3) is 7.55. The SMILES string of the molecule is C[Si](C)(C)c1ccc(-c2[c-]cccc2)nc1.[2H]c1c([2H])c([2H])c(-c2c([2H])c([2H])c([2H])c([2H])c2-n2c(-c3[c-]ccc4c3oc3cc(-c5ccccc5)ccc34)nc3ccccc32)c([2H])c1[2H].[Ir]. The van der Waals surface area contributed by atoms with E-state index in [0.29, 0.717) is 27.8 Å². The maximum atomic E-state index is 9.15. The van der Waals surface area contributed by atoms with Gasteiger partial charge >= 0.3 is 0 Å². The van der Waals surface area contributed by atoms with E-state index in [4.69, 9.17) is 21.7 Å². The average molecular weight is 939 g/mol. The van der Waals surface area contributed by atoms with Crippen molar-refractivity contribution in [2.75, 3.05) is 0 Å². The molecule has 0 saturated heterocycles. The van der Waals surface area contributed by atoms with E-state index in [1.165, 1.54) is 9.75 Å². The van der Waals surface area contributed by atoms with Gasteiger partial charge in [0.05, 0.1) is 42.9 Å². The number of nitrogens with zero attached hydrogens (tertiary/aromatic N) is 3. The molecule has 279 valence electrons. The van der Waals surface area contributed by atoms with Crippen LogP contribution >= 0.6 is 0 Å². The molecule has 6 heteroatoms. The predicted molar refractivity (Wildman–Crippen MR) is 235 cm³/mol. The third-order valence-electron chi connectivity index (χ3n) is 9.58. The van der Waals surface area contributed by atoms with Crippen molar-refractivity contribution in [1.82, 2.24) is 14.5 Å². The summed E-state index contributed by atoms with van der Waals surface area (Å²) in [6.07, 6.45) is 2.02. The summed E-state index contributed by atoms with van der Waals surface area (Å²) < 4.78 is 85.6. The second-order valence-electron chi connectivity index (χ2n) is 14.2. The van der Waals surface area contributed by atoms with Gasteiger partial charge in [-0.2, -0.15) is 0 Å². The maximum Gasteiger partial charge on any atom is 0.121 e. The Morgan fingerprint density at radius 1 is 0.667 bits per heavy atom. The number of rotatable bonds is 6. The molecule has 0 aliphatic rings. The van der Waals surface area contributed by atoms with Crippen LogP contribution in [0.5, 0.6) is 0 Å². The molecular formula is C51H39IrN3OSi-2. The number of aromatic nitrogens is 3. The summed E-state index contributed by atoms with van der Waals surface area (Å²) in [4.78, 5) is 9.44. The first-order valence-corrected chi connectivity index (χ1v) is 21.7. The first-order chi connectivity index (χ1) is 31.1. The van der Waals surface area contributed by atoms with Gasteiger partial charge in [-0.3, -0.25) is 4.98 Å². The molecule has 0 N–H and O–H groups in total. The summed E-state index contributed by atoms with van der Waals surface area (Å²) in [5.41, 5.74) is 5.76. The van der Waals surface area contributed by atoms with Crippen LogP contribution in [0.4, 0.5) is 0 Å². The van der Waals surface area contributed by atoms with Gasteiger partial charge in [0.1, 0.15) is 5.58 Å². The Morgan fingerprint density at radius 3 is 2.21 bits per heavy atom. The summed E-state index contributed by atoms with van der Waals surface area (Å²) >= 11 is 0. The zero-order chi connectivity index (χ0) is 45.9. The van der Waals surface area contributed by atoms with Crippen molar-refractivity contribution < 1.29 is 36.9 Å². The molecule has 0 amide bonds. The molecular weight excluding hydrogens is 891 g/mol. The molecule has 4 nitrogen and oxygen atoms in total. The summed E-state index contributed by atoms with van der Waals surface area (Å²) in [5.74, 6) is 0.229. The van der Waals surface area contributed by atoms with Crippen molar-refractivity contribution in [3.63, 3.8) is 0 Å². The van der Waals surface area contributed by atoms with Crippen molar-refractivity contribution in [3.8, 4) is 50.6 Å². The Bertz CT molecular complexity index is 3440. The normalized spacial score (nSPS) is 13.5. The van der Waals surface area contributed by atoms with Crippen LogP contribution in [0.25, 0.3) is 83.6 Å². The number of imidazole rings is 1. The van der Waals surface area contributed by atoms with E-state index in [1.807, 2.05) is 85.1 Å². The minimum absolute atomic E-state index is 0. The number of hydrogen-bond acceptors (Lipinski definition) is 3. The Kier molecular flexibility index (Phi) is 7.99. The van der Waals surface area contributed by atoms with E-state index in [0.717, 1.165) is 33.2 Å². The monoisotopic (exact) mass is 939 g/mol. The van der Waals surface area contributed by atoms with Crippen LogP contribution in [0.1, 0.15) is 12.3 Å². The molecule has 0 unspecified atom stereocenters. The Balaban J connectivity index is 0.000000295. The average Bonchev–Trinajstić information content (AvgIpc) is 3.90. The van der Waals surface area contributed by atoms with E-state index in [1.54, 1.807) is 30.3 Å². The van der Waals surface area contributed by atoms with E-state index in [-0.39, 0.29) is 42.7 Å². The largest absolute Gasteiger partial charge is 0.501 e. The summed E-state index contributed by atoms with van der Waals surface area (Å²) in [6.45, 7) is 7.00. The second-order valence-corrected chi connectivity index (χ2v) is 19.3. The Labute approximate surface area is 360 Å². The fourth-order valence-corrected chi connectivity index (χ4v) is 7.75. The molecule has 3 aromatic heterocycles. The van der Waals surface area contributed by atoms with Gasteiger partial charge in [0.2, 0.25) is 0 Å². The Hall–Kier alpha value is -6.17. The van der Waals surface area contributed by atoms with Gasteiger partial charge in [-0.1, -0.05) is 146 Å². The van der Waals surface area contributed by atoms with Crippen molar-refractivity contribution in [2.45, 2.75) is 19.6 Å². The quantitative estimate of drug-likeness (QED) is 0.123. The van der Waals surface area contributed by atoms with E-state index >= 15 is 0 Å². The van der Waals surface area contributed by atoms with Crippen LogP contribution in [0, 0.1) is 12.1 Å². The molecule has 0 atom stereocenters. The molecule has 0 aliphatic carbocycles. The van der Waals surface area contributed by atoms with Gasteiger partial charge in [0, 0.05) is 42.9 Å². The van der Waals surface area contributed by atoms with Crippen molar-refractivity contribution in [3.05, 3.63) is 194 Å². The number of benzene rings is 7. The molecule has 7 aromatic carbocycles. The first kappa shape index (κ1) is 28.3. The minimum atomic E-state index is -1.23. The number of furan rings is 1. The zero-order valence-corrected chi connectivity index (χ0v) is 34.6. The van der Waals surface area contributed by atoms with Crippen LogP contribution in [0.3, 0.4) is 0 Å². The van der Waals surface area contributed by atoms with Gasteiger partial charge in [0.25, 0.3) is 0 Å². The number of para-hydroxylation sites is 3. The summed E-state index contributed by atoms with van der Waals surface area (Å²) in [6, 6.07) is 40.0. The molecule has 57 heavy (non-hydrogen) atoms. The molecule has 10 aromatic rings. The van der Waals surface area contributed by atoms with Gasteiger partial charge in [0.15, 0.2) is 0 Å². The smallest absolute Gasteiger partial charge is 0.121 e. The number of hydrogen-bond donors (Lipinski definition) is 0. The molecule has 10 rings (SSSR count). The van der Waals surface area contributed by atoms with Gasteiger partial charge in [-0.05, 0) is 51.8 Å². The van der Waals surface area contributed by atoms with Gasteiger partial charge < -0.3 is 14.0 Å². The third-order valence-corrected chi connectivity index (χ3v) is 11.6. The fraction of sp³-hybridized carbons (Fsp3) is 0.0588. The Morgan fingerprint density at radius 2 is 1.44 bits per heavy atom. The fourth-order valence-electron chi connectivity index (χ4n) is 6.72. The topological polar surface area (TPSA) is 43.9 Å². The summed E-state index contributed by atoms with van der Waals surface area (Å²) in [5, 5.41) is 3.03.